The molecule has 0 bridgehead atoms. The van der Waals surface area contributed by atoms with Gasteiger partial charge in [0.2, 0.25) is 0 Å². The summed E-state index contributed by atoms with van der Waals surface area (Å²) in [5.41, 5.74) is 0. The van der Waals surface area contributed by atoms with Crippen LogP contribution in [0, 0.1) is 12.3 Å². The molecule has 4 heteroatoms. The SMILES string of the molecule is C#CC(=O)NCSS. The second-order valence-electron chi connectivity index (χ2n) is 0.924. The van der Waals surface area contributed by atoms with Crippen molar-refractivity contribution in [3.8, 4) is 12.3 Å². The fraction of sp³-hybridized carbons (Fsp3) is 0.250. The molecule has 0 saturated heterocycles. The van der Waals surface area contributed by atoms with E-state index in [1.54, 1.807) is 0 Å². The highest BCUT2D eigenvalue weighted by Crippen LogP contribution is 1.99. The Morgan fingerprint density at radius 1 is 2.00 bits per heavy atom. The van der Waals surface area contributed by atoms with Crippen molar-refractivity contribution in [3.05, 3.63) is 0 Å². The number of nitrogens with one attached hydrogen (secondary N) is 1. The van der Waals surface area contributed by atoms with Gasteiger partial charge in [0.15, 0.2) is 0 Å². The lowest BCUT2D eigenvalue weighted by atomic mass is 10.6. The summed E-state index contributed by atoms with van der Waals surface area (Å²) in [6.07, 6.45) is 4.72. The molecule has 0 aromatic heterocycles. The first kappa shape index (κ1) is 7.73. The molecule has 0 aromatic carbocycles. The third kappa shape index (κ3) is 3.90. The van der Waals surface area contributed by atoms with Gasteiger partial charge in [-0.1, -0.05) is 10.8 Å². The predicted molar refractivity (Wildman–Crippen MR) is 38.4 cm³/mol. The molecular formula is C4H5NOS2. The summed E-state index contributed by atoms with van der Waals surface area (Å²) >= 11 is 3.77. The maximum Gasteiger partial charge on any atom is 0.296 e. The molecule has 0 aromatic rings. The molecule has 0 atom stereocenters. The van der Waals surface area contributed by atoms with Crippen LogP contribution in [0.2, 0.25) is 0 Å². The maximum atomic E-state index is 10.2. The first-order valence-electron chi connectivity index (χ1n) is 1.82. The Hall–Kier alpha value is -0.270. The second-order valence-corrected chi connectivity index (χ2v) is 2.25. The van der Waals surface area contributed by atoms with Gasteiger partial charge in [0, 0.05) is 0 Å². The zero-order valence-electron chi connectivity index (χ0n) is 4.05. The minimum atomic E-state index is -0.397. The van der Waals surface area contributed by atoms with Gasteiger partial charge in [0.25, 0.3) is 5.91 Å². The zero-order chi connectivity index (χ0) is 6.41. The van der Waals surface area contributed by atoms with Gasteiger partial charge in [-0.25, -0.2) is 0 Å². The lowest BCUT2D eigenvalue weighted by Crippen LogP contribution is -2.19. The molecule has 0 fully saturated rings. The van der Waals surface area contributed by atoms with Crippen molar-refractivity contribution in [2.24, 2.45) is 0 Å². The molecule has 0 rings (SSSR count). The molecule has 2 nitrogen and oxygen atoms in total. The number of carbonyl (C=O) groups is 1. The molecule has 0 aliphatic rings. The number of rotatable bonds is 2. The van der Waals surface area contributed by atoms with Crippen LogP contribution >= 0.6 is 22.5 Å². The van der Waals surface area contributed by atoms with E-state index in [0.717, 1.165) is 0 Å². The summed E-state index contributed by atoms with van der Waals surface area (Å²) in [7, 11) is 1.21. The van der Waals surface area contributed by atoms with Crippen LogP contribution in [0.3, 0.4) is 0 Å². The normalized spacial score (nSPS) is 7.50. The van der Waals surface area contributed by atoms with Crippen molar-refractivity contribution in [1.82, 2.24) is 5.32 Å². The van der Waals surface area contributed by atoms with Crippen LogP contribution in [-0.4, -0.2) is 11.8 Å². The average Bonchev–Trinajstić information content (AvgIpc) is 1.83. The van der Waals surface area contributed by atoms with Crippen LogP contribution in [-0.2, 0) is 4.79 Å². The van der Waals surface area contributed by atoms with Crippen LogP contribution in [0.5, 0.6) is 0 Å². The molecule has 44 valence electrons. The first-order valence-corrected chi connectivity index (χ1v) is 3.86. The number of hydrogen-bond acceptors (Lipinski definition) is 3. The molecule has 1 N–H and O–H groups in total. The summed E-state index contributed by atoms with van der Waals surface area (Å²) in [6.45, 7) is 0. The molecule has 0 radical (unpaired) electrons. The van der Waals surface area contributed by atoms with Gasteiger partial charge in [-0.15, -0.1) is 18.1 Å². The maximum absolute atomic E-state index is 10.2. The van der Waals surface area contributed by atoms with Gasteiger partial charge in [0.05, 0.1) is 5.88 Å². The topological polar surface area (TPSA) is 29.1 Å². The lowest BCUT2D eigenvalue weighted by molar-refractivity contribution is -0.115. The van der Waals surface area contributed by atoms with Gasteiger partial charge in [-0.2, -0.15) is 0 Å². The Bertz CT molecular complexity index is 118. The number of carbonyl (C=O) groups excluding carboxylic acids is 1. The van der Waals surface area contributed by atoms with E-state index in [9.17, 15) is 4.79 Å². The van der Waals surface area contributed by atoms with E-state index in [0.29, 0.717) is 5.88 Å². The Morgan fingerprint density at radius 3 is 3.00 bits per heavy atom. The van der Waals surface area contributed by atoms with Gasteiger partial charge in [0.1, 0.15) is 0 Å². The molecule has 8 heavy (non-hydrogen) atoms. The molecule has 0 aliphatic heterocycles. The van der Waals surface area contributed by atoms with E-state index in [1.807, 2.05) is 5.92 Å². The van der Waals surface area contributed by atoms with Crippen LogP contribution in [0.4, 0.5) is 0 Å². The quantitative estimate of drug-likeness (QED) is 0.254. The smallest absolute Gasteiger partial charge is 0.296 e. The van der Waals surface area contributed by atoms with Crippen molar-refractivity contribution in [1.29, 1.82) is 0 Å². The van der Waals surface area contributed by atoms with Gasteiger partial charge in [-0.05, 0) is 5.92 Å². The van der Waals surface area contributed by atoms with Crippen molar-refractivity contribution < 1.29 is 4.79 Å². The summed E-state index contributed by atoms with van der Waals surface area (Å²) < 4.78 is 0. The molecule has 1 amide bonds. The molecule has 0 aliphatic carbocycles. The van der Waals surface area contributed by atoms with E-state index in [2.05, 4.69) is 17.0 Å². The number of terminal acetylenes is 1. The van der Waals surface area contributed by atoms with Crippen molar-refractivity contribution in [2.45, 2.75) is 0 Å². The van der Waals surface area contributed by atoms with Crippen LogP contribution in [0.1, 0.15) is 0 Å². The Morgan fingerprint density at radius 2 is 2.62 bits per heavy atom. The van der Waals surface area contributed by atoms with E-state index in [1.165, 1.54) is 10.8 Å². The van der Waals surface area contributed by atoms with E-state index < -0.39 is 5.91 Å². The van der Waals surface area contributed by atoms with E-state index >= 15 is 0 Å². The van der Waals surface area contributed by atoms with Crippen LogP contribution in [0.25, 0.3) is 0 Å². The first-order chi connectivity index (χ1) is 3.81. The van der Waals surface area contributed by atoms with Gasteiger partial charge < -0.3 is 5.32 Å². The predicted octanol–water partition coefficient (Wildman–Crippen LogP) is 0.271. The number of thiol groups is 1. The highest BCUT2D eigenvalue weighted by molar-refractivity contribution is 8.68. The Balaban J connectivity index is 3.16. The monoisotopic (exact) mass is 147 g/mol. The lowest BCUT2D eigenvalue weighted by Gasteiger charge is -1.91. The number of amides is 1. The fourth-order valence-electron chi connectivity index (χ4n) is 0.149. The zero-order valence-corrected chi connectivity index (χ0v) is 5.76. The molecule has 0 spiro atoms. The highest BCUT2D eigenvalue weighted by atomic mass is 33.1. The van der Waals surface area contributed by atoms with Gasteiger partial charge in [-0.3, -0.25) is 4.79 Å². The summed E-state index contributed by atoms with van der Waals surface area (Å²) in [6, 6.07) is 0. The fourth-order valence-corrected chi connectivity index (χ4v) is 0.538. The van der Waals surface area contributed by atoms with Crippen LogP contribution < -0.4 is 5.32 Å². The minimum Gasteiger partial charge on any atom is -0.335 e. The van der Waals surface area contributed by atoms with Crippen LogP contribution in [0.15, 0.2) is 0 Å². The third-order valence-electron chi connectivity index (χ3n) is 0.428. The average molecular weight is 147 g/mol. The minimum absolute atomic E-state index is 0.397. The van der Waals surface area contributed by atoms with Crippen molar-refractivity contribution >= 4 is 28.4 Å². The summed E-state index contributed by atoms with van der Waals surface area (Å²) in [5.74, 6) is 1.96. The Kier molecular flexibility index (Phi) is 4.71. The largest absolute Gasteiger partial charge is 0.335 e. The summed E-state index contributed by atoms with van der Waals surface area (Å²) in [4.78, 5) is 10.2. The molecule has 0 saturated carbocycles. The Labute approximate surface area is 57.2 Å². The molecule has 0 heterocycles. The van der Waals surface area contributed by atoms with Crippen molar-refractivity contribution in [3.63, 3.8) is 0 Å². The summed E-state index contributed by atoms with van der Waals surface area (Å²) in [5, 5.41) is 2.39. The van der Waals surface area contributed by atoms with Gasteiger partial charge >= 0.3 is 0 Å². The second kappa shape index (κ2) is 4.88. The highest BCUT2D eigenvalue weighted by Gasteiger charge is 1.88. The standard InChI is InChI=1S/C4H5NOS2/c1-2-4(6)5-3-8-7/h1,7H,3H2,(H,5,6). The van der Waals surface area contributed by atoms with E-state index in [-0.39, 0.29) is 0 Å². The van der Waals surface area contributed by atoms with Crippen molar-refractivity contribution in [2.75, 3.05) is 5.88 Å². The molecule has 0 unspecified atom stereocenters. The third-order valence-corrected chi connectivity index (χ3v) is 1.09. The van der Waals surface area contributed by atoms with E-state index in [4.69, 9.17) is 6.42 Å². The molecular weight excluding hydrogens is 142 g/mol. The number of hydrogen-bond donors (Lipinski definition) is 2.